The summed E-state index contributed by atoms with van der Waals surface area (Å²) in [7, 11) is 0. The quantitative estimate of drug-likeness (QED) is 0.677. The van der Waals surface area contributed by atoms with E-state index in [0.717, 1.165) is 4.47 Å². The number of hydrazone groups is 1. The van der Waals surface area contributed by atoms with Crippen molar-refractivity contribution in [1.29, 1.82) is 0 Å². The third-order valence-corrected chi connectivity index (χ3v) is 5.91. The molecule has 3 heterocycles. The Morgan fingerprint density at radius 2 is 1.70 bits per heavy atom. The van der Waals surface area contributed by atoms with Crippen LogP contribution in [0, 0.1) is 17.3 Å². The number of halogens is 1. The normalized spacial score (nSPS) is 29.3. The van der Waals surface area contributed by atoms with Crippen molar-refractivity contribution in [3.05, 3.63) is 40.9 Å². The number of carbonyl (C=O) groups excluding carboxylic acids is 3. The number of rotatable bonds is 2. The minimum atomic E-state index is -0.738. The molecular formula is C20H20BrN3O3. The van der Waals surface area contributed by atoms with E-state index in [1.807, 2.05) is 26.8 Å². The molecule has 4 rings (SSSR count). The number of fused-ring (bicyclic) bond motifs is 3. The van der Waals surface area contributed by atoms with Gasteiger partial charge in [0.05, 0.1) is 23.6 Å². The Morgan fingerprint density at radius 3 is 2.33 bits per heavy atom. The SMILES string of the molecule is CC(C)(C)C(=O)[C@@H]1[C@@H]2C(=O)N(c3ccc(Br)cc3)C(=O)[C@@H]2[C@@H]2C=CC=NN12. The molecule has 0 spiro atoms. The molecule has 0 aliphatic carbocycles. The lowest BCUT2D eigenvalue weighted by Crippen LogP contribution is -2.49. The van der Waals surface area contributed by atoms with E-state index in [2.05, 4.69) is 21.0 Å². The minimum Gasteiger partial charge on any atom is -0.297 e. The third kappa shape index (κ3) is 2.67. The van der Waals surface area contributed by atoms with Crippen molar-refractivity contribution in [2.45, 2.75) is 32.9 Å². The highest BCUT2D eigenvalue weighted by Crippen LogP contribution is 2.47. The number of imide groups is 1. The van der Waals surface area contributed by atoms with Gasteiger partial charge in [0.25, 0.3) is 0 Å². The Bertz CT molecular complexity index is 885. The van der Waals surface area contributed by atoms with Gasteiger partial charge in [-0.05, 0) is 30.3 Å². The second-order valence-corrected chi connectivity index (χ2v) is 9.03. The standard InChI is InChI=1S/C20H20BrN3O3/c1-20(2,3)17(25)16-15-14(13-5-4-10-22-24(13)16)18(26)23(19(15)27)12-8-6-11(21)7-9-12/h4-10,13-16H,1-3H3/t13-,14+,15+,16-/m0/s1. The van der Waals surface area contributed by atoms with Gasteiger partial charge in [-0.15, -0.1) is 0 Å². The Hall–Kier alpha value is -2.28. The molecule has 1 aromatic carbocycles. The lowest BCUT2D eigenvalue weighted by atomic mass is 9.80. The van der Waals surface area contributed by atoms with Gasteiger partial charge in [0, 0.05) is 16.1 Å². The maximum Gasteiger partial charge on any atom is 0.240 e. The van der Waals surface area contributed by atoms with Crippen LogP contribution in [0.4, 0.5) is 5.69 Å². The van der Waals surface area contributed by atoms with Gasteiger partial charge in [-0.1, -0.05) is 42.8 Å². The first kappa shape index (κ1) is 18.1. The highest BCUT2D eigenvalue weighted by molar-refractivity contribution is 9.10. The van der Waals surface area contributed by atoms with E-state index in [1.165, 1.54) is 4.90 Å². The summed E-state index contributed by atoms with van der Waals surface area (Å²) in [6, 6.07) is 5.92. The molecular weight excluding hydrogens is 410 g/mol. The molecule has 0 N–H and O–H groups in total. The van der Waals surface area contributed by atoms with E-state index in [-0.39, 0.29) is 23.6 Å². The number of benzene rings is 1. The van der Waals surface area contributed by atoms with Crippen LogP contribution in [0.5, 0.6) is 0 Å². The van der Waals surface area contributed by atoms with Gasteiger partial charge < -0.3 is 0 Å². The highest BCUT2D eigenvalue weighted by atomic mass is 79.9. The average molecular weight is 430 g/mol. The molecule has 1 aromatic rings. The Morgan fingerprint density at radius 1 is 1.07 bits per heavy atom. The summed E-state index contributed by atoms with van der Waals surface area (Å²) >= 11 is 3.36. The van der Waals surface area contributed by atoms with Crippen LogP contribution in [0.1, 0.15) is 20.8 Å². The fourth-order valence-corrected chi connectivity index (χ4v) is 4.39. The fourth-order valence-electron chi connectivity index (χ4n) is 4.13. The second kappa shape index (κ2) is 6.12. The number of carbonyl (C=O) groups is 3. The van der Waals surface area contributed by atoms with Crippen molar-refractivity contribution in [1.82, 2.24) is 5.01 Å². The Labute approximate surface area is 166 Å². The summed E-state index contributed by atoms with van der Waals surface area (Å²) < 4.78 is 0.863. The maximum absolute atomic E-state index is 13.3. The summed E-state index contributed by atoms with van der Waals surface area (Å²) in [6.45, 7) is 5.48. The zero-order valence-electron chi connectivity index (χ0n) is 15.3. The molecule has 3 aliphatic rings. The molecule has 7 heteroatoms. The summed E-state index contributed by atoms with van der Waals surface area (Å²) in [6.07, 6.45) is 5.22. The number of hydrogen-bond acceptors (Lipinski definition) is 5. The minimum absolute atomic E-state index is 0.0775. The van der Waals surface area contributed by atoms with Crippen LogP contribution in [-0.4, -0.2) is 40.9 Å². The molecule has 27 heavy (non-hydrogen) atoms. The van der Waals surface area contributed by atoms with Crippen LogP contribution in [-0.2, 0) is 14.4 Å². The first-order valence-electron chi connectivity index (χ1n) is 8.88. The van der Waals surface area contributed by atoms with E-state index in [0.29, 0.717) is 5.69 Å². The molecule has 0 bridgehead atoms. The second-order valence-electron chi connectivity index (χ2n) is 8.12. The topological polar surface area (TPSA) is 70.0 Å². The van der Waals surface area contributed by atoms with Gasteiger partial charge in [-0.2, -0.15) is 5.10 Å². The number of amides is 2. The van der Waals surface area contributed by atoms with Gasteiger partial charge in [-0.25, -0.2) is 4.90 Å². The van der Waals surface area contributed by atoms with Gasteiger partial charge in [0.1, 0.15) is 6.04 Å². The average Bonchev–Trinajstić information content (AvgIpc) is 3.08. The summed E-state index contributed by atoms with van der Waals surface area (Å²) in [5, 5.41) is 5.99. The lowest BCUT2D eigenvalue weighted by Gasteiger charge is -2.33. The monoisotopic (exact) mass is 429 g/mol. The molecule has 3 aliphatic heterocycles. The summed E-state index contributed by atoms with van der Waals surface area (Å²) in [5.41, 5.74) is -0.116. The van der Waals surface area contributed by atoms with Crippen molar-refractivity contribution < 1.29 is 14.4 Å². The van der Waals surface area contributed by atoms with Crippen LogP contribution in [0.15, 0.2) is 46.0 Å². The largest absolute Gasteiger partial charge is 0.297 e. The molecule has 4 atom stereocenters. The van der Waals surface area contributed by atoms with Crippen LogP contribution in [0.3, 0.4) is 0 Å². The Kier molecular flexibility index (Phi) is 4.10. The maximum atomic E-state index is 13.3. The number of anilines is 1. The molecule has 2 amide bonds. The van der Waals surface area contributed by atoms with Gasteiger partial charge in [0.15, 0.2) is 5.78 Å². The summed E-state index contributed by atoms with van der Waals surface area (Å²) in [5.74, 6) is -2.00. The van der Waals surface area contributed by atoms with Crippen LogP contribution in [0.2, 0.25) is 0 Å². The van der Waals surface area contributed by atoms with Crippen LogP contribution in [0.25, 0.3) is 0 Å². The van der Waals surface area contributed by atoms with Crippen molar-refractivity contribution in [3.8, 4) is 0 Å². The molecule has 0 unspecified atom stereocenters. The van der Waals surface area contributed by atoms with E-state index < -0.39 is 23.3 Å². The Balaban J connectivity index is 1.79. The van der Waals surface area contributed by atoms with E-state index in [1.54, 1.807) is 41.6 Å². The molecule has 0 radical (unpaired) electrons. The number of hydrogen-bond donors (Lipinski definition) is 0. The predicted molar refractivity (Wildman–Crippen MR) is 105 cm³/mol. The van der Waals surface area contributed by atoms with Crippen molar-refractivity contribution in [3.63, 3.8) is 0 Å². The van der Waals surface area contributed by atoms with Crippen molar-refractivity contribution >= 4 is 45.4 Å². The van der Waals surface area contributed by atoms with E-state index in [9.17, 15) is 14.4 Å². The zero-order chi connectivity index (χ0) is 19.5. The molecule has 0 aromatic heterocycles. The smallest absolute Gasteiger partial charge is 0.240 e. The first-order valence-corrected chi connectivity index (χ1v) is 9.68. The zero-order valence-corrected chi connectivity index (χ0v) is 16.9. The third-order valence-electron chi connectivity index (χ3n) is 5.38. The van der Waals surface area contributed by atoms with Gasteiger partial charge >= 0.3 is 0 Å². The van der Waals surface area contributed by atoms with E-state index >= 15 is 0 Å². The van der Waals surface area contributed by atoms with Crippen molar-refractivity contribution in [2.24, 2.45) is 22.4 Å². The van der Waals surface area contributed by atoms with Gasteiger partial charge in [0.2, 0.25) is 11.8 Å². The predicted octanol–water partition coefficient (Wildman–Crippen LogP) is 2.78. The summed E-state index contributed by atoms with van der Waals surface area (Å²) in [4.78, 5) is 40.9. The number of ketones is 1. The number of allylic oxidation sites excluding steroid dienone is 1. The molecule has 6 nitrogen and oxygen atoms in total. The highest BCUT2D eigenvalue weighted by Gasteiger charge is 2.64. The van der Waals surface area contributed by atoms with Crippen molar-refractivity contribution in [2.75, 3.05) is 4.90 Å². The van der Waals surface area contributed by atoms with Gasteiger partial charge in [-0.3, -0.25) is 19.4 Å². The lowest BCUT2D eigenvalue weighted by molar-refractivity contribution is -0.136. The number of Topliss-reactive ketones (excluding diaryl/α,β-unsaturated/α-hetero) is 1. The van der Waals surface area contributed by atoms with Crippen LogP contribution >= 0.6 is 15.9 Å². The first-order chi connectivity index (χ1) is 12.7. The molecule has 0 saturated carbocycles. The number of nitrogens with zero attached hydrogens (tertiary/aromatic N) is 3. The molecule has 140 valence electrons. The van der Waals surface area contributed by atoms with E-state index in [4.69, 9.17) is 0 Å². The van der Waals surface area contributed by atoms with Crippen LogP contribution < -0.4 is 4.90 Å². The molecule has 2 saturated heterocycles. The fraction of sp³-hybridized carbons (Fsp3) is 0.400. The molecule has 2 fully saturated rings.